The van der Waals surface area contributed by atoms with Gasteiger partial charge in [0.25, 0.3) is 0 Å². The second-order valence-electron chi connectivity index (χ2n) is 5.88. The normalized spacial score (nSPS) is 32.3. The van der Waals surface area contributed by atoms with Gasteiger partial charge in [-0.2, -0.15) is 0 Å². The minimum atomic E-state index is 0.810. The number of hydrogen-bond acceptors (Lipinski definition) is 2. The van der Waals surface area contributed by atoms with Crippen LogP contribution in [0, 0.1) is 0 Å². The van der Waals surface area contributed by atoms with Crippen LogP contribution < -0.4 is 5.32 Å². The van der Waals surface area contributed by atoms with E-state index in [4.69, 9.17) is 0 Å². The van der Waals surface area contributed by atoms with Crippen molar-refractivity contribution in [2.45, 2.75) is 76.8 Å². The Kier molecular flexibility index (Phi) is 5.79. The molecule has 100 valence electrons. The van der Waals surface area contributed by atoms with Crippen LogP contribution in [0.1, 0.15) is 64.7 Å². The number of likely N-dealkylation sites (tertiary alicyclic amines) is 1. The number of nitrogens with one attached hydrogen (secondary N) is 1. The molecule has 0 radical (unpaired) electrons. The van der Waals surface area contributed by atoms with Crippen molar-refractivity contribution in [1.82, 2.24) is 10.2 Å². The summed E-state index contributed by atoms with van der Waals surface area (Å²) >= 11 is 0. The molecule has 1 N–H and O–H groups in total. The first-order chi connectivity index (χ1) is 8.40. The fourth-order valence-electron chi connectivity index (χ4n) is 3.49. The number of rotatable bonds is 4. The van der Waals surface area contributed by atoms with E-state index in [0.29, 0.717) is 0 Å². The summed E-state index contributed by atoms with van der Waals surface area (Å²) in [5.74, 6) is 0. The topological polar surface area (TPSA) is 15.3 Å². The molecule has 0 bridgehead atoms. The van der Waals surface area contributed by atoms with Crippen LogP contribution in [-0.2, 0) is 0 Å². The van der Waals surface area contributed by atoms with Crippen LogP contribution in [0.2, 0.25) is 0 Å². The van der Waals surface area contributed by atoms with Gasteiger partial charge in [-0.15, -0.1) is 0 Å². The van der Waals surface area contributed by atoms with Gasteiger partial charge in [-0.25, -0.2) is 0 Å². The van der Waals surface area contributed by atoms with E-state index in [9.17, 15) is 0 Å². The Morgan fingerprint density at radius 2 is 1.94 bits per heavy atom. The molecule has 0 amide bonds. The SMILES string of the molecule is CCC1CCCCCN1CCC1CCCCN1. The van der Waals surface area contributed by atoms with Crippen molar-refractivity contribution in [3.63, 3.8) is 0 Å². The van der Waals surface area contributed by atoms with Gasteiger partial charge in [0, 0.05) is 12.1 Å². The molecule has 2 heteroatoms. The van der Waals surface area contributed by atoms with Gasteiger partial charge in [0.1, 0.15) is 0 Å². The molecule has 2 nitrogen and oxygen atoms in total. The Morgan fingerprint density at radius 1 is 1.06 bits per heavy atom. The molecule has 2 aliphatic heterocycles. The van der Waals surface area contributed by atoms with Crippen molar-refractivity contribution < 1.29 is 0 Å². The maximum atomic E-state index is 3.68. The Hall–Kier alpha value is -0.0800. The molecule has 2 fully saturated rings. The Bertz CT molecular complexity index is 199. The first-order valence-corrected chi connectivity index (χ1v) is 7.87. The monoisotopic (exact) mass is 238 g/mol. The molecule has 2 unspecified atom stereocenters. The van der Waals surface area contributed by atoms with E-state index in [-0.39, 0.29) is 0 Å². The lowest BCUT2D eigenvalue weighted by molar-refractivity contribution is 0.180. The third kappa shape index (κ3) is 4.26. The highest BCUT2D eigenvalue weighted by atomic mass is 15.2. The second-order valence-corrected chi connectivity index (χ2v) is 5.88. The summed E-state index contributed by atoms with van der Waals surface area (Å²) in [6.45, 7) is 6.30. The molecule has 0 aromatic heterocycles. The molecule has 0 aliphatic carbocycles. The molecular weight excluding hydrogens is 208 g/mol. The quantitative estimate of drug-likeness (QED) is 0.809. The Morgan fingerprint density at radius 3 is 2.71 bits per heavy atom. The summed E-state index contributed by atoms with van der Waals surface area (Å²) < 4.78 is 0. The van der Waals surface area contributed by atoms with Crippen LogP contribution in [0.25, 0.3) is 0 Å². The first kappa shape index (κ1) is 13.4. The van der Waals surface area contributed by atoms with E-state index >= 15 is 0 Å². The number of piperidine rings is 1. The summed E-state index contributed by atoms with van der Waals surface area (Å²) in [4.78, 5) is 2.78. The van der Waals surface area contributed by atoms with Gasteiger partial charge < -0.3 is 10.2 Å². The van der Waals surface area contributed by atoms with Crippen molar-refractivity contribution in [2.24, 2.45) is 0 Å². The van der Waals surface area contributed by atoms with Crippen LogP contribution in [0.3, 0.4) is 0 Å². The van der Waals surface area contributed by atoms with E-state index < -0.39 is 0 Å². The van der Waals surface area contributed by atoms with Crippen LogP contribution >= 0.6 is 0 Å². The average molecular weight is 238 g/mol. The molecule has 17 heavy (non-hydrogen) atoms. The summed E-state index contributed by atoms with van der Waals surface area (Å²) in [7, 11) is 0. The van der Waals surface area contributed by atoms with E-state index in [1.54, 1.807) is 0 Å². The van der Waals surface area contributed by atoms with Gasteiger partial charge in [0.15, 0.2) is 0 Å². The smallest absolute Gasteiger partial charge is 0.00926 e. The van der Waals surface area contributed by atoms with E-state index in [1.807, 2.05) is 0 Å². The predicted molar refractivity (Wildman–Crippen MR) is 74.4 cm³/mol. The zero-order chi connectivity index (χ0) is 11.9. The third-order valence-corrected chi connectivity index (χ3v) is 4.65. The fraction of sp³-hybridized carbons (Fsp3) is 1.00. The Labute approximate surface area is 107 Å². The fourth-order valence-corrected chi connectivity index (χ4v) is 3.49. The van der Waals surface area contributed by atoms with Gasteiger partial charge in [-0.1, -0.05) is 26.2 Å². The summed E-state index contributed by atoms with van der Waals surface area (Å²) in [6, 6.07) is 1.69. The minimum Gasteiger partial charge on any atom is -0.314 e. The highest BCUT2D eigenvalue weighted by Gasteiger charge is 2.20. The maximum Gasteiger partial charge on any atom is 0.00926 e. The molecule has 2 aliphatic rings. The lowest BCUT2D eigenvalue weighted by atomic mass is 10.0. The van der Waals surface area contributed by atoms with E-state index in [1.165, 1.54) is 77.4 Å². The largest absolute Gasteiger partial charge is 0.314 e. The zero-order valence-corrected chi connectivity index (χ0v) is 11.6. The zero-order valence-electron chi connectivity index (χ0n) is 11.6. The van der Waals surface area contributed by atoms with Crippen molar-refractivity contribution >= 4 is 0 Å². The first-order valence-electron chi connectivity index (χ1n) is 7.87. The lowest BCUT2D eigenvalue weighted by Gasteiger charge is -2.32. The molecule has 2 saturated heterocycles. The van der Waals surface area contributed by atoms with Gasteiger partial charge in [0.05, 0.1) is 0 Å². The lowest BCUT2D eigenvalue weighted by Crippen LogP contribution is -2.40. The van der Waals surface area contributed by atoms with Crippen molar-refractivity contribution in [1.29, 1.82) is 0 Å². The molecule has 2 heterocycles. The van der Waals surface area contributed by atoms with Crippen molar-refractivity contribution in [3.05, 3.63) is 0 Å². The summed E-state index contributed by atoms with van der Waals surface area (Å²) in [5.41, 5.74) is 0. The van der Waals surface area contributed by atoms with Crippen molar-refractivity contribution in [2.75, 3.05) is 19.6 Å². The van der Waals surface area contributed by atoms with Gasteiger partial charge in [-0.05, 0) is 58.2 Å². The maximum absolute atomic E-state index is 3.68. The molecule has 2 rings (SSSR count). The molecule has 0 aromatic carbocycles. The van der Waals surface area contributed by atoms with Crippen LogP contribution in [0.4, 0.5) is 0 Å². The second kappa shape index (κ2) is 7.38. The van der Waals surface area contributed by atoms with E-state index in [0.717, 1.165) is 12.1 Å². The highest BCUT2D eigenvalue weighted by Crippen LogP contribution is 2.20. The van der Waals surface area contributed by atoms with Crippen molar-refractivity contribution in [3.8, 4) is 0 Å². The molecular formula is C15H30N2. The van der Waals surface area contributed by atoms with Crippen LogP contribution in [-0.4, -0.2) is 36.6 Å². The molecule has 2 atom stereocenters. The number of nitrogens with zero attached hydrogens (tertiary/aromatic N) is 1. The average Bonchev–Trinajstić information content (AvgIpc) is 2.62. The van der Waals surface area contributed by atoms with Gasteiger partial charge >= 0.3 is 0 Å². The summed E-state index contributed by atoms with van der Waals surface area (Å²) in [6.07, 6.45) is 12.7. The van der Waals surface area contributed by atoms with E-state index in [2.05, 4.69) is 17.1 Å². The van der Waals surface area contributed by atoms with Gasteiger partial charge in [0.2, 0.25) is 0 Å². The number of hydrogen-bond donors (Lipinski definition) is 1. The van der Waals surface area contributed by atoms with Gasteiger partial charge in [-0.3, -0.25) is 0 Å². The highest BCUT2D eigenvalue weighted by molar-refractivity contribution is 4.78. The minimum absolute atomic E-state index is 0.810. The standard InChI is InChI=1S/C15H30N2/c1-2-15-9-4-3-7-12-17(15)13-10-14-8-5-6-11-16-14/h14-16H,2-13H2,1H3. The predicted octanol–water partition coefficient (Wildman–Crippen LogP) is 3.17. The molecule has 0 spiro atoms. The third-order valence-electron chi connectivity index (χ3n) is 4.65. The van der Waals surface area contributed by atoms with Crippen LogP contribution in [0.15, 0.2) is 0 Å². The molecule has 0 saturated carbocycles. The molecule has 0 aromatic rings. The Balaban J connectivity index is 1.74. The summed E-state index contributed by atoms with van der Waals surface area (Å²) in [5, 5.41) is 3.68. The van der Waals surface area contributed by atoms with Crippen LogP contribution in [0.5, 0.6) is 0 Å².